The predicted octanol–water partition coefficient (Wildman–Crippen LogP) is 3.43. The molecule has 0 fully saturated rings. The van der Waals surface area contributed by atoms with Gasteiger partial charge >= 0.3 is 0 Å². The summed E-state index contributed by atoms with van der Waals surface area (Å²) < 4.78 is 0. The van der Waals surface area contributed by atoms with Gasteiger partial charge in [-0.3, -0.25) is 0 Å². The van der Waals surface area contributed by atoms with Crippen LogP contribution < -0.4 is 5.32 Å². The van der Waals surface area contributed by atoms with Crippen molar-refractivity contribution in [2.45, 2.75) is 58.6 Å². The Balaban J connectivity index is 2.30. The quantitative estimate of drug-likeness (QED) is 0.804. The number of imidazole rings is 1. The summed E-state index contributed by atoms with van der Waals surface area (Å²) in [6.45, 7) is 12.0. The smallest absolute Gasteiger partial charge is 0.112 e. The molecule has 110 valence electrons. The lowest BCUT2D eigenvalue weighted by atomic mass is 9.96. The van der Waals surface area contributed by atoms with Crippen LogP contribution in [0.5, 0.6) is 0 Å². The first kappa shape index (κ1) is 14.9. The van der Waals surface area contributed by atoms with Gasteiger partial charge in [0.25, 0.3) is 0 Å². The van der Waals surface area contributed by atoms with Gasteiger partial charge in [0.15, 0.2) is 0 Å². The number of fused-ring (bicyclic) bond motifs is 1. The van der Waals surface area contributed by atoms with Crippen molar-refractivity contribution in [3.05, 3.63) is 24.0 Å². The molecule has 0 amide bonds. The van der Waals surface area contributed by atoms with Crippen LogP contribution in [0.1, 0.15) is 47.4 Å². The fourth-order valence-corrected chi connectivity index (χ4v) is 1.88. The van der Waals surface area contributed by atoms with Crippen molar-refractivity contribution in [2.75, 3.05) is 5.32 Å². The molecule has 0 radical (unpaired) electrons. The highest BCUT2D eigenvalue weighted by molar-refractivity contribution is 5.79. The van der Waals surface area contributed by atoms with E-state index >= 15 is 0 Å². The highest BCUT2D eigenvalue weighted by atomic mass is 16.3. The number of anilines is 1. The van der Waals surface area contributed by atoms with Gasteiger partial charge in [-0.15, -0.1) is 0 Å². The third kappa shape index (κ3) is 3.12. The number of rotatable bonds is 3. The largest absolute Gasteiger partial charge is 0.388 e. The van der Waals surface area contributed by atoms with E-state index in [0.29, 0.717) is 0 Å². The summed E-state index contributed by atoms with van der Waals surface area (Å²) >= 11 is 0. The Kier molecular flexibility index (Phi) is 3.54. The van der Waals surface area contributed by atoms with Crippen molar-refractivity contribution in [3.8, 4) is 0 Å². The summed E-state index contributed by atoms with van der Waals surface area (Å²) in [6.07, 6.45) is 0. The van der Waals surface area contributed by atoms with E-state index in [-0.39, 0.29) is 11.5 Å². The molecule has 3 N–H and O–H groups in total. The molecule has 2 rings (SSSR count). The maximum atomic E-state index is 9.99. The number of benzene rings is 1. The monoisotopic (exact) mass is 275 g/mol. The van der Waals surface area contributed by atoms with E-state index in [1.807, 2.05) is 25.1 Å². The zero-order valence-corrected chi connectivity index (χ0v) is 13.2. The van der Waals surface area contributed by atoms with Crippen LogP contribution in [0, 0.1) is 0 Å². The SMILES string of the molecule is CC(Nc1ccc2nc(C(C)(C)C)[nH]c2c1)C(C)(C)O. The molecule has 1 heterocycles. The van der Waals surface area contributed by atoms with Crippen molar-refractivity contribution in [2.24, 2.45) is 0 Å². The summed E-state index contributed by atoms with van der Waals surface area (Å²) in [7, 11) is 0. The second kappa shape index (κ2) is 4.77. The number of aromatic amines is 1. The standard InChI is InChI=1S/C16H25N3O/c1-10(16(5,6)20)17-11-7-8-12-13(9-11)19-14(18-12)15(2,3)4/h7-10,17,20H,1-6H3,(H,18,19). The predicted molar refractivity (Wildman–Crippen MR) is 84.2 cm³/mol. The Morgan fingerprint density at radius 3 is 2.40 bits per heavy atom. The first-order valence-electron chi connectivity index (χ1n) is 7.06. The van der Waals surface area contributed by atoms with E-state index in [1.165, 1.54) is 0 Å². The average Bonchev–Trinajstić information content (AvgIpc) is 2.70. The number of H-pyrrole nitrogens is 1. The fraction of sp³-hybridized carbons (Fsp3) is 0.562. The van der Waals surface area contributed by atoms with Crippen molar-refractivity contribution in [3.63, 3.8) is 0 Å². The Hall–Kier alpha value is -1.55. The van der Waals surface area contributed by atoms with Gasteiger partial charge in [-0.1, -0.05) is 20.8 Å². The lowest BCUT2D eigenvalue weighted by Crippen LogP contribution is -2.39. The Labute approximate surface area is 120 Å². The molecule has 4 heteroatoms. The molecule has 0 saturated carbocycles. The molecule has 0 aliphatic carbocycles. The molecule has 1 aromatic carbocycles. The second-order valence-corrected chi connectivity index (χ2v) is 7.09. The van der Waals surface area contributed by atoms with Gasteiger partial charge in [0.2, 0.25) is 0 Å². The zero-order chi connectivity index (χ0) is 15.1. The molecular formula is C16H25N3O. The number of aromatic nitrogens is 2. The van der Waals surface area contributed by atoms with Crippen molar-refractivity contribution in [1.82, 2.24) is 9.97 Å². The van der Waals surface area contributed by atoms with E-state index in [1.54, 1.807) is 13.8 Å². The van der Waals surface area contributed by atoms with E-state index in [9.17, 15) is 5.11 Å². The molecule has 0 spiro atoms. The van der Waals surface area contributed by atoms with Gasteiger partial charge in [0.1, 0.15) is 5.82 Å². The molecule has 0 bridgehead atoms. The van der Waals surface area contributed by atoms with Gasteiger partial charge in [0, 0.05) is 11.1 Å². The summed E-state index contributed by atoms with van der Waals surface area (Å²) in [5, 5.41) is 13.3. The number of aliphatic hydroxyl groups is 1. The van der Waals surface area contributed by atoms with E-state index < -0.39 is 5.60 Å². The zero-order valence-electron chi connectivity index (χ0n) is 13.2. The third-order valence-corrected chi connectivity index (χ3v) is 3.64. The maximum Gasteiger partial charge on any atom is 0.112 e. The normalized spacial score (nSPS) is 14.6. The maximum absolute atomic E-state index is 9.99. The third-order valence-electron chi connectivity index (χ3n) is 3.64. The van der Waals surface area contributed by atoms with Crippen LogP contribution in [0.25, 0.3) is 11.0 Å². The van der Waals surface area contributed by atoms with Crippen LogP contribution in [0.3, 0.4) is 0 Å². The van der Waals surface area contributed by atoms with Crippen LogP contribution in [0.2, 0.25) is 0 Å². The first-order valence-corrected chi connectivity index (χ1v) is 7.06. The molecule has 2 aromatic rings. The van der Waals surface area contributed by atoms with E-state index in [4.69, 9.17) is 0 Å². The van der Waals surface area contributed by atoms with Crippen LogP contribution in [-0.4, -0.2) is 26.7 Å². The lowest BCUT2D eigenvalue weighted by molar-refractivity contribution is 0.0649. The van der Waals surface area contributed by atoms with E-state index in [2.05, 4.69) is 36.1 Å². The van der Waals surface area contributed by atoms with Gasteiger partial charge in [0.05, 0.1) is 22.7 Å². The fourth-order valence-electron chi connectivity index (χ4n) is 1.88. The molecule has 0 aliphatic heterocycles. The topological polar surface area (TPSA) is 60.9 Å². The van der Waals surface area contributed by atoms with Crippen LogP contribution in [0.15, 0.2) is 18.2 Å². The van der Waals surface area contributed by atoms with Crippen molar-refractivity contribution in [1.29, 1.82) is 0 Å². The van der Waals surface area contributed by atoms with Gasteiger partial charge in [-0.05, 0) is 39.0 Å². The minimum atomic E-state index is -0.764. The lowest BCUT2D eigenvalue weighted by Gasteiger charge is -2.27. The van der Waals surface area contributed by atoms with E-state index in [0.717, 1.165) is 22.5 Å². The molecule has 1 aromatic heterocycles. The van der Waals surface area contributed by atoms with Gasteiger partial charge in [-0.2, -0.15) is 0 Å². The average molecular weight is 275 g/mol. The second-order valence-electron chi connectivity index (χ2n) is 7.09. The minimum Gasteiger partial charge on any atom is -0.388 e. The Morgan fingerprint density at radius 2 is 1.85 bits per heavy atom. The van der Waals surface area contributed by atoms with Crippen LogP contribution in [0.4, 0.5) is 5.69 Å². The minimum absolute atomic E-state index is 0.00694. The molecular weight excluding hydrogens is 250 g/mol. The summed E-state index contributed by atoms with van der Waals surface area (Å²) in [6, 6.07) is 6.00. The number of nitrogens with one attached hydrogen (secondary N) is 2. The van der Waals surface area contributed by atoms with Gasteiger partial charge < -0.3 is 15.4 Å². The van der Waals surface area contributed by atoms with Crippen LogP contribution >= 0.6 is 0 Å². The molecule has 0 aliphatic rings. The Bertz CT molecular complexity index is 602. The summed E-state index contributed by atoms with van der Waals surface area (Å²) in [5.41, 5.74) is 2.21. The molecule has 1 atom stereocenters. The molecule has 4 nitrogen and oxygen atoms in total. The molecule has 20 heavy (non-hydrogen) atoms. The number of nitrogens with zero attached hydrogens (tertiary/aromatic N) is 1. The highest BCUT2D eigenvalue weighted by Gasteiger charge is 2.22. The summed E-state index contributed by atoms with van der Waals surface area (Å²) in [4.78, 5) is 7.99. The number of hydrogen-bond acceptors (Lipinski definition) is 3. The van der Waals surface area contributed by atoms with Crippen LogP contribution in [-0.2, 0) is 5.41 Å². The first-order chi connectivity index (χ1) is 9.07. The van der Waals surface area contributed by atoms with Crippen molar-refractivity contribution >= 4 is 16.7 Å². The van der Waals surface area contributed by atoms with Crippen molar-refractivity contribution < 1.29 is 5.11 Å². The molecule has 1 unspecified atom stereocenters. The number of hydrogen-bond donors (Lipinski definition) is 3. The Morgan fingerprint density at radius 1 is 1.20 bits per heavy atom. The summed E-state index contributed by atoms with van der Waals surface area (Å²) in [5.74, 6) is 0.986. The van der Waals surface area contributed by atoms with Gasteiger partial charge in [-0.25, -0.2) is 4.98 Å². The molecule has 0 saturated heterocycles. The highest BCUT2D eigenvalue weighted by Crippen LogP contribution is 2.25.